The Bertz CT molecular complexity index is 411. The van der Waals surface area contributed by atoms with Gasteiger partial charge in [-0.2, -0.15) is 26.3 Å². The van der Waals surface area contributed by atoms with Crippen LogP contribution in [0, 0.1) is 0 Å². The molecule has 0 aromatic heterocycles. The standard InChI is InChI=1S/C11H12F6N2.ClH/c12-10(13,14)7-3-6(9(19)1-2-18)4-8(5-7)11(15,16)17;/h3-5,9H,1-2,18-19H2;1H/t9-;/m1./s1. The van der Waals surface area contributed by atoms with E-state index in [4.69, 9.17) is 11.5 Å². The minimum Gasteiger partial charge on any atom is -0.330 e. The van der Waals surface area contributed by atoms with E-state index in [0.717, 1.165) is 0 Å². The number of alkyl halides is 6. The van der Waals surface area contributed by atoms with Crippen molar-refractivity contribution in [2.75, 3.05) is 6.54 Å². The number of nitrogens with two attached hydrogens (primary N) is 2. The second kappa shape index (κ2) is 6.64. The Morgan fingerprint density at radius 2 is 1.30 bits per heavy atom. The summed E-state index contributed by atoms with van der Waals surface area (Å²) in [5.74, 6) is 0. The van der Waals surface area contributed by atoms with Crippen molar-refractivity contribution in [1.29, 1.82) is 0 Å². The van der Waals surface area contributed by atoms with Gasteiger partial charge >= 0.3 is 12.4 Å². The van der Waals surface area contributed by atoms with Crippen LogP contribution in [0.1, 0.15) is 29.2 Å². The van der Waals surface area contributed by atoms with E-state index in [1.165, 1.54) is 0 Å². The van der Waals surface area contributed by atoms with Gasteiger partial charge in [-0.25, -0.2) is 0 Å². The zero-order chi connectivity index (χ0) is 14.8. The number of hydrogen-bond donors (Lipinski definition) is 2. The molecule has 0 unspecified atom stereocenters. The molecule has 0 fully saturated rings. The summed E-state index contributed by atoms with van der Waals surface area (Å²) in [7, 11) is 0. The van der Waals surface area contributed by atoms with E-state index in [-0.39, 0.29) is 37.0 Å². The quantitative estimate of drug-likeness (QED) is 0.837. The molecule has 0 aliphatic rings. The molecule has 1 aromatic rings. The fourth-order valence-electron chi connectivity index (χ4n) is 1.54. The van der Waals surface area contributed by atoms with E-state index >= 15 is 0 Å². The molecule has 0 radical (unpaired) electrons. The second-order valence-corrected chi connectivity index (χ2v) is 4.02. The first-order valence-electron chi connectivity index (χ1n) is 5.30. The summed E-state index contributed by atoms with van der Waals surface area (Å²) in [6.45, 7) is 0.0682. The van der Waals surface area contributed by atoms with Crippen molar-refractivity contribution in [2.24, 2.45) is 11.5 Å². The summed E-state index contributed by atoms with van der Waals surface area (Å²) < 4.78 is 75.3. The molecule has 4 N–H and O–H groups in total. The van der Waals surface area contributed by atoms with Crippen LogP contribution >= 0.6 is 12.4 Å². The van der Waals surface area contributed by atoms with Crippen molar-refractivity contribution >= 4 is 12.4 Å². The van der Waals surface area contributed by atoms with Crippen LogP contribution in [0.2, 0.25) is 0 Å². The third-order valence-corrected chi connectivity index (χ3v) is 2.52. The Kier molecular flexibility index (Phi) is 6.31. The van der Waals surface area contributed by atoms with Crippen LogP contribution in [0.25, 0.3) is 0 Å². The van der Waals surface area contributed by atoms with Gasteiger partial charge in [0.15, 0.2) is 0 Å². The number of hydrogen-bond acceptors (Lipinski definition) is 2. The first kappa shape index (κ1) is 19.0. The number of rotatable bonds is 3. The number of benzene rings is 1. The second-order valence-electron chi connectivity index (χ2n) is 4.02. The lowest BCUT2D eigenvalue weighted by atomic mass is 9.98. The van der Waals surface area contributed by atoms with E-state index in [1.54, 1.807) is 0 Å². The van der Waals surface area contributed by atoms with E-state index < -0.39 is 29.5 Å². The minimum absolute atomic E-state index is 0. The fourth-order valence-corrected chi connectivity index (χ4v) is 1.54. The molecular weight excluding hydrogens is 310 g/mol. The molecule has 2 nitrogen and oxygen atoms in total. The molecule has 1 aromatic carbocycles. The molecule has 1 rings (SSSR count). The van der Waals surface area contributed by atoms with Crippen LogP contribution in [-0.4, -0.2) is 6.54 Å². The first-order valence-corrected chi connectivity index (χ1v) is 5.30. The normalized spacial score (nSPS) is 13.8. The van der Waals surface area contributed by atoms with Gasteiger partial charge in [0.2, 0.25) is 0 Å². The Balaban J connectivity index is 0.00000361. The molecule has 1 atom stereocenters. The zero-order valence-corrected chi connectivity index (χ0v) is 10.9. The highest BCUT2D eigenvalue weighted by Gasteiger charge is 2.37. The first-order chi connectivity index (χ1) is 8.55. The predicted molar refractivity (Wildman–Crippen MR) is 64.3 cm³/mol. The molecule has 0 saturated carbocycles. The Labute approximate surface area is 117 Å². The summed E-state index contributed by atoms with van der Waals surface area (Å²) in [6.07, 6.45) is -9.63. The molecular formula is C11H13ClF6N2. The van der Waals surface area contributed by atoms with Crippen molar-refractivity contribution < 1.29 is 26.3 Å². The van der Waals surface area contributed by atoms with Crippen LogP contribution in [0.3, 0.4) is 0 Å². The largest absolute Gasteiger partial charge is 0.416 e. The van der Waals surface area contributed by atoms with Gasteiger partial charge in [0.05, 0.1) is 11.1 Å². The van der Waals surface area contributed by atoms with E-state index in [1.807, 2.05) is 0 Å². The van der Waals surface area contributed by atoms with Gasteiger partial charge in [-0.15, -0.1) is 12.4 Å². The summed E-state index contributed by atoms with van der Waals surface area (Å²) in [5, 5.41) is 0. The van der Waals surface area contributed by atoms with Gasteiger partial charge in [-0.05, 0) is 36.7 Å². The lowest BCUT2D eigenvalue weighted by Gasteiger charge is -2.17. The molecule has 0 spiro atoms. The maximum absolute atomic E-state index is 12.6. The van der Waals surface area contributed by atoms with Crippen LogP contribution in [0.15, 0.2) is 18.2 Å². The molecule has 0 aliphatic carbocycles. The third-order valence-electron chi connectivity index (χ3n) is 2.52. The topological polar surface area (TPSA) is 52.0 Å². The maximum atomic E-state index is 12.6. The van der Waals surface area contributed by atoms with Gasteiger partial charge in [0.25, 0.3) is 0 Å². The van der Waals surface area contributed by atoms with Crippen molar-refractivity contribution in [3.05, 3.63) is 34.9 Å². The summed E-state index contributed by atoms with van der Waals surface area (Å²) >= 11 is 0. The molecule has 0 bridgehead atoms. The SMILES string of the molecule is Cl.NCC[C@@H](N)c1cc(C(F)(F)F)cc(C(F)(F)F)c1. The zero-order valence-electron chi connectivity index (χ0n) is 10.1. The van der Waals surface area contributed by atoms with Gasteiger partial charge in [0.1, 0.15) is 0 Å². The smallest absolute Gasteiger partial charge is 0.330 e. The van der Waals surface area contributed by atoms with Crippen LogP contribution in [0.4, 0.5) is 26.3 Å². The van der Waals surface area contributed by atoms with Crippen molar-refractivity contribution in [1.82, 2.24) is 0 Å². The molecule has 116 valence electrons. The average Bonchev–Trinajstić information content (AvgIpc) is 2.26. The van der Waals surface area contributed by atoms with Gasteiger partial charge in [0, 0.05) is 6.04 Å². The summed E-state index contributed by atoms with van der Waals surface area (Å²) in [6, 6.07) is 0.345. The van der Waals surface area contributed by atoms with Crippen LogP contribution < -0.4 is 11.5 Å². The molecule has 9 heteroatoms. The highest BCUT2D eigenvalue weighted by Crippen LogP contribution is 2.37. The molecule has 0 amide bonds. The van der Waals surface area contributed by atoms with Crippen LogP contribution in [0.5, 0.6) is 0 Å². The molecule has 20 heavy (non-hydrogen) atoms. The summed E-state index contributed by atoms with van der Waals surface area (Å²) in [5.41, 5.74) is 7.73. The third kappa shape index (κ3) is 4.84. The average molecular weight is 323 g/mol. The van der Waals surface area contributed by atoms with Gasteiger partial charge in [-0.3, -0.25) is 0 Å². The Morgan fingerprint density at radius 3 is 1.60 bits per heavy atom. The van der Waals surface area contributed by atoms with Crippen molar-refractivity contribution in [3.63, 3.8) is 0 Å². The minimum atomic E-state index is -4.86. The van der Waals surface area contributed by atoms with Gasteiger partial charge in [-0.1, -0.05) is 0 Å². The summed E-state index contributed by atoms with van der Waals surface area (Å²) in [4.78, 5) is 0. The maximum Gasteiger partial charge on any atom is 0.416 e. The lowest BCUT2D eigenvalue weighted by molar-refractivity contribution is -0.143. The predicted octanol–water partition coefficient (Wildman–Crippen LogP) is 3.49. The fraction of sp³-hybridized carbons (Fsp3) is 0.455. The van der Waals surface area contributed by atoms with Crippen molar-refractivity contribution in [3.8, 4) is 0 Å². The Hall–Kier alpha value is -0.990. The Morgan fingerprint density at radius 1 is 0.900 bits per heavy atom. The van der Waals surface area contributed by atoms with E-state index in [0.29, 0.717) is 12.1 Å². The monoisotopic (exact) mass is 322 g/mol. The van der Waals surface area contributed by atoms with Crippen LogP contribution in [-0.2, 0) is 12.4 Å². The molecule has 0 aliphatic heterocycles. The van der Waals surface area contributed by atoms with E-state index in [9.17, 15) is 26.3 Å². The molecule has 0 saturated heterocycles. The highest BCUT2D eigenvalue weighted by atomic mass is 35.5. The lowest BCUT2D eigenvalue weighted by Crippen LogP contribution is -2.18. The molecule has 0 heterocycles. The number of halogens is 7. The van der Waals surface area contributed by atoms with Gasteiger partial charge < -0.3 is 11.5 Å². The van der Waals surface area contributed by atoms with Crippen molar-refractivity contribution in [2.45, 2.75) is 24.8 Å². The highest BCUT2D eigenvalue weighted by molar-refractivity contribution is 5.85. The van der Waals surface area contributed by atoms with E-state index in [2.05, 4.69) is 0 Å².